The summed E-state index contributed by atoms with van der Waals surface area (Å²) in [6.07, 6.45) is 3.50. The van der Waals surface area contributed by atoms with Gasteiger partial charge in [0.1, 0.15) is 12.4 Å². The van der Waals surface area contributed by atoms with Gasteiger partial charge >= 0.3 is 5.97 Å². The second-order valence-corrected chi connectivity index (χ2v) is 7.96. The minimum Gasteiger partial charge on any atom is -0.459 e. The van der Waals surface area contributed by atoms with Crippen LogP contribution in [0.2, 0.25) is 0 Å². The molecule has 0 N–H and O–H groups in total. The minimum absolute atomic E-state index is 0.0326. The topological polar surface area (TPSA) is 57.7 Å². The lowest BCUT2D eigenvalue weighted by atomic mass is 9.92. The first-order valence-corrected chi connectivity index (χ1v) is 9.31. The molecule has 6 heteroatoms. The van der Waals surface area contributed by atoms with E-state index in [0.717, 1.165) is 5.56 Å². The quantitative estimate of drug-likeness (QED) is 0.778. The first-order chi connectivity index (χ1) is 13.2. The normalized spacial score (nSPS) is 37.3. The molecule has 0 spiro atoms. The van der Waals surface area contributed by atoms with Gasteiger partial charge in [0.25, 0.3) is 0 Å². The van der Waals surface area contributed by atoms with E-state index in [9.17, 15) is 9.18 Å². The minimum atomic E-state index is -0.761. The number of hydrogen-bond donors (Lipinski definition) is 0. The molecule has 2 aliphatic carbocycles. The summed E-state index contributed by atoms with van der Waals surface area (Å²) in [6, 6.07) is 8.34. The Balaban J connectivity index is 1.20. The Kier molecular flexibility index (Phi) is 3.12. The van der Waals surface area contributed by atoms with Crippen LogP contribution in [0.25, 0.3) is 11.1 Å². The van der Waals surface area contributed by atoms with E-state index in [0.29, 0.717) is 36.2 Å². The van der Waals surface area contributed by atoms with Crippen LogP contribution in [0.5, 0.6) is 0 Å². The lowest BCUT2D eigenvalue weighted by molar-refractivity contribution is -0.161. The first kappa shape index (κ1) is 15.7. The first-order valence-electron chi connectivity index (χ1n) is 9.31. The number of ether oxygens (including phenoxy) is 3. The Labute approximate surface area is 155 Å². The van der Waals surface area contributed by atoms with Crippen LogP contribution in [0.3, 0.4) is 0 Å². The second kappa shape index (κ2) is 5.36. The SMILES string of the molecule is O=C(OCc1cc(F)cc(-c2cccnc2)c1)C12OC3C4COCC3C1C42. The van der Waals surface area contributed by atoms with Gasteiger partial charge < -0.3 is 14.2 Å². The van der Waals surface area contributed by atoms with Crippen molar-refractivity contribution in [1.82, 2.24) is 4.98 Å². The molecular weight excluding hydrogens is 349 g/mol. The molecule has 5 nitrogen and oxygen atoms in total. The number of rotatable bonds is 4. The molecule has 3 aliphatic heterocycles. The Hall–Kier alpha value is -2.31. The summed E-state index contributed by atoms with van der Waals surface area (Å²) in [5.41, 5.74) is 1.38. The molecule has 7 rings (SSSR count). The fourth-order valence-corrected chi connectivity index (χ4v) is 5.62. The highest BCUT2D eigenvalue weighted by atomic mass is 19.1. The number of aromatic nitrogens is 1. The van der Waals surface area contributed by atoms with Crippen LogP contribution in [-0.4, -0.2) is 35.9 Å². The summed E-state index contributed by atoms with van der Waals surface area (Å²) in [6.45, 7) is 1.39. The number of hydrogen-bond acceptors (Lipinski definition) is 5. The van der Waals surface area contributed by atoms with Crippen LogP contribution in [0.4, 0.5) is 4.39 Å². The van der Waals surface area contributed by atoms with E-state index < -0.39 is 5.60 Å². The Morgan fingerprint density at radius 2 is 2.04 bits per heavy atom. The third-order valence-electron chi connectivity index (χ3n) is 6.63. The summed E-state index contributed by atoms with van der Waals surface area (Å²) in [5, 5.41) is 0. The molecule has 2 aromatic rings. The van der Waals surface area contributed by atoms with Crippen molar-refractivity contribution in [2.45, 2.75) is 18.3 Å². The predicted molar refractivity (Wildman–Crippen MR) is 91.8 cm³/mol. The molecule has 27 heavy (non-hydrogen) atoms. The van der Waals surface area contributed by atoms with Crippen molar-refractivity contribution in [3.63, 3.8) is 0 Å². The van der Waals surface area contributed by atoms with E-state index in [1.165, 1.54) is 12.1 Å². The third-order valence-corrected chi connectivity index (χ3v) is 6.63. The van der Waals surface area contributed by atoms with Crippen molar-refractivity contribution in [3.8, 4) is 11.1 Å². The summed E-state index contributed by atoms with van der Waals surface area (Å²) >= 11 is 0. The number of pyridine rings is 1. The predicted octanol–water partition coefficient (Wildman–Crippen LogP) is 2.59. The van der Waals surface area contributed by atoms with Crippen LogP contribution in [0, 0.1) is 29.5 Å². The molecule has 4 unspecified atom stereocenters. The molecule has 0 radical (unpaired) electrons. The van der Waals surface area contributed by atoms with Gasteiger partial charge in [-0.1, -0.05) is 6.07 Å². The van der Waals surface area contributed by atoms with Crippen molar-refractivity contribution in [1.29, 1.82) is 0 Å². The van der Waals surface area contributed by atoms with E-state index >= 15 is 0 Å². The Morgan fingerprint density at radius 1 is 1.22 bits per heavy atom. The van der Waals surface area contributed by atoms with Gasteiger partial charge in [0.2, 0.25) is 0 Å². The van der Waals surface area contributed by atoms with Crippen molar-refractivity contribution in [2.24, 2.45) is 23.7 Å². The van der Waals surface area contributed by atoms with Gasteiger partial charge in [-0.3, -0.25) is 4.98 Å². The van der Waals surface area contributed by atoms with Crippen molar-refractivity contribution < 1.29 is 23.4 Å². The maximum Gasteiger partial charge on any atom is 0.339 e. The molecule has 1 aromatic carbocycles. The van der Waals surface area contributed by atoms with Crippen LogP contribution >= 0.6 is 0 Å². The average molecular weight is 367 g/mol. The molecule has 4 heterocycles. The summed E-state index contributed by atoms with van der Waals surface area (Å²) in [5.74, 6) is 0.458. The lowest BCUT2D eigenvalue weighted by Gasteiger charge is -2.24. The fourth-order valence-electron chi connectivity index (χ4n) is 5.62. The summed E-state index contributed by atoms with van der Waals surface area (Å²) in [4.78, 5) is 16.9. The van der Waals surface area contributed by atoms with Crippen LogP contribution in [-0.2, 0) is 25.6 Å². The van der Waals surface area contributed by atoms with E-state index in [-0.39, 0.29) is 36.3 Å². The van der Waals surface area contributed by atoms with Crippen molar-refractivity contribution in [3.05, 3.63) is 54.1 Å². The highest BCUT2D eigenvalue weighted by Crippen LogP contribution is 2.76. The number of halogens is 1. The summed E-state index contributed by atoms with van der Waals surface area (Å²) in [7, 11) is 0. The van der Waals surface area contributed by atoms with Gasteiger partial charge in [-0.05, 0) is 35.4 Å². The standard InChI is InChI=1S/C21H18FNO4/c22-14-5-11(4-13(6-14)12-2-1-3-23-7-12)8-26-20(24)21-17-15-9-25-10-16(18(17)21)19(15)27-21/h1-7,15-19H,8-10H2. The number of benzene rings is 1. The van der Waals surface area contributed by atoms with Gasteiger partial charge in [0, 0.05) is 41.6 Å². The molecule has 0 amide bonds. The molecule has 5 aliphatic rings. The zero-order valence-electron chi connectivity index (χ0n) is 14.5. The largest absolute Gasteiger partial charge is 0.459 e. The zero-order chi connectivity index (χ0) is 18.2. The van der Waals surface area contributed by atoms with Crippen molar-refractivity contribution in [2.75, 3.05) is 13.2 Å². The van der Waals surface area contributed by atoms with Gasteiger partial charge in [-0.2, -0.15) is 0 Å². The zero-order valence-corrected chi connectivity index (χ0v) is 14.5. The highest BCUT2D eigenvalue weighted by Gasteiger charge is 2.89. The monoisotopic (exact) mass is 367 g/mol. The molecule has 3 saturated heterocycles. The van der Waals surface area contributed by atoms with Crippen LogP contribution < -0.4 is 0 Å². The van der Waals surface area contributed by atoms with Gasteiger partial charge in [0.15, 0.2) is 5.60 Å². The second-order valence-electron chi connectivity index (χ2n) is 7.96. The molecule has 5 fully saturated rings. The van der Waals surface area contributed by atoms with E-state index in [4.69, 9.17) is 14.2 Å². The maximum absolute atomic E-state index is 14.0. The summed E-state index contributed by atoms with van der Waals surface area (Å²) < 4.78 is 31.3. The molecular formula is C21H18FNO4. The van der Waals surface area contributed by atoms with E-state index in [2.05, 4.69) is 4.98 Å². The molecule has 4 atom stereocenters. The number of esters is 1. The maximum atomic E-state index is 14.0. The van der Waals surface area contributed by atoms with Crippen molar-refractivity contribution >= 4 is 5.97 Å². The smallest absolute Gasteiger partial charge is 0.339 e. The average Bonchev–Trinajstić information content (AvgIpc) is 2.94. The van der Waals surface area contributed by atoms with E-state index in [1.54, 1.807) is 18.5 Å². The fraction of sp³-hybridized carbons (Fsp3) is 0.429. The van der Waals surface area contributed by atoms with Gasteiger partial charge in [-0.25, -0.2) is 9.18 Å². The molecule has 6 bridgehead atoms. The number of carbonyl (C=O) groups excluding carboxylic acids is 1. The lowest BCUT2D eigenvalue weighted by Crippen LogP contribution is -2.32. The highest BCUT2D eigenvalue weighted by molar-refractivity contribution is 5.87. The number of nitrogens with zero attached hydrogens (tertiary/aromatic N) is 1. The number of carbonyl (C=O) groups is 1. The van der Waals surface area contributed by atoms with E-state index in [1.807, 2.05) is 12.1 Å². The van der Waals surface area contributed by atoms with Gasteiger partial charge in [-0.15, -0.1) is 0 Å². The van der Waals surface area contributed by atoms with Crippen LogP contribution in [0.15, 0.2) is 42.7 Å². The van der Waals surface area contributed by atoms with Crippen LogP contribution in [0.1, 0.15) is 5.56 Å². The molecule has 138 valence electrons. The molecule has 2 saturated carbocycles. The third kappa shape index (κ3) is 2.05. The van der Waals surface area contributed by atoms with Gasteiger partial charge in [0.05, 0.1) is 19.3 Å². The Morgan fingerprint density at radius 3 is 2.74 bits per heavy atom. The molecule has 1 aromatic heterocycles. The Bertz CT molecular complexity index is 915.